The summed E-state index contributed by atoms with van der Waals surface area (Å²) in [6.07, 6.45) is 0. The van der Waals surface area contributed by atoms with Crippen molar-refractivity contribution >= 4 is 15.9 Å². The van der Waals surface area contributed by atoms with E-state index < -0.39 is 0 Å². The molecule has 0 fully saturated rings. The summed E-state index contributed by atoms with van der Waals surface area (Å²) in [5.41, 5.74) is 11.3. The number of fused-ring (bicyclic) bond motifs is 3. The van der Waals surface area contributed by atoms with Gasteiger partial charge in [0.2, 0.25) is 0 Å². The Morgan fingerprint density at radius 2 is 1.09 bits per heavy atom. The third-order valence-corrected chi connectivity index (χ3v) is 7.41. The van der Waals surface area contributed by atoms with Crippen molar-refractivity contribution in [3.8, 4) is 22.3 Å². The van der Waals surface area contributed by atoms with Crippen molar-refractivity contribution in [3.63, 3.8) is 0 Å². The first kappa shape index (κ1) is 20.2. The van der Waals surface area contributed by atoms with E-state index in [1.807, 2.05) is 0 Å². The zero-order valence-corrected chi connectivity index (χ0v) is 20.0. The Balaban J connectivity index is 1.67. The molecule has 0 spiro atoms. The van der Waals surface area contributed by atoms with Gasteiger partial charge in [0.15, 0.2) is 0 Å². The molecule has 1 heteroatoms. The van der Waals surface area contributed by atoms with Crippen LogP contribution in [0.3, 0.4) is 0 Å². The van der Waals surface area contributed by atoms with Crippen molar-refractivity contribution in [2.45, 2.75) is 12.3 Å². The Kier molecular flexibility index (Phi) is 4.81. The lowest BCUT2D eigenvalue weighted by Gasteiger charge is -2.34. The lowest BCUT2D eigenvalue weighted by atomic mass is 9.67. The maximum Gasteiger partial charge on any atom is 0.0713 e. The summed E-state index contributed by atoms with van der Waals surface area (Å²) in [5.74, 6) is 0. The average molecular weight is 487 g/mol. The lowest BCUT2D eigenvalue weighted by Crippen LogP contribution is -2.28. The molecule has 158 valence electrons. The molecular formula is C32H23Br. The molecule has 0 saturated heterocycles. The summed E-state index contributed by atoms with van der Waals surface area (Å²) < 4.78 is 1.10. The third-order valence-electron chi connectivity index (χ3n) is 6.92. The van der Waals surface area contributed by atoms with Gasteiger partial charge in [-0.3, -0.25) is 0 Å². The molecule has 0 N–H and O–H groups in total. The van der Waals surface area contributed by atoms with Crippen molar-refractivity contribution < 1.29 is 0 Å². The molecule has 0 aliphatic heterocycles. The fourth-order valence-electron chi connectivity index (χ4n) is 5.39. The molecule has 0 bridgehead atoms. The maximum absolute atomic E-state index is 3.76. The first-order valence-corrected chi connectivity index (χ1v) is 12.1. The Hall–Kier alpha value is -3.42. The molecule has 33 heavy (non-hydrogen) atoms. The van der Waals surface area contributed by atoms with Gasteiger partial charge in [-0.1, -0.05) is 131 Å². The molecule has 0 heterocycles. The Bertz CT molecular complexity index is 1450. The minimum Gasteiger partial charge on any atom is -0.0622 e. The van der Waals surface area contributed by atoms with E-state index in [2.05, 4.69) is 144 Å². The van der Waals surface area contributed by atoms with E-state index in [1.165, 1.54) is 50.1 Å². The van der Waals surface area contributed by atoms with Crippen LogP contribution in [-0.2, 0) is 5.41 Å². The number of rotatable bonds is 3. The standard InChI is InChI=1S/C32H23Br/c1-22-11-15-25(16-12-22)32(26-17-13-24(14-18-26)23-7-3-2-4-8-23)30-10-6-5-9-28(30)29-20-19-27(33)21-31(29)32/h2-21H,1H3. The second kappa shape index (κ2) is 7.86. The van der Waals surface area contributed by atoms with Crippen LogP contribution in [-0.4, -0.2) is 0 Å². The van der Waals surface area contributed by atoms with Crippen molar-refractivity contribution in [2.75, 3.05) is 0 Å². The van der Waals surface area contributed by atoms with Gasteiger partial charge in [-0.25, -0.2) is 0 Å². The van der Waals surface area contributed by atoms with Gasteiger partial charge >= 0.3 is 0 Å². The Morgan fingerprint density at radius 1 is 0.515 bits per heavy atom. The van der Waals surface area contributed by atoms with Crippen molar-refractivity contribution in [3.05, 3.63) is 154 Å². The quantitative estimate of drug-likeness (QED) is 0.234. The summed E-state index contributed by atoms with van der Waals surface area (Å²) in [6.45, 7) is 2.15. The van der Waals surface area contributed by atoms with E-state index in [0.717, 1.165) is 4.47 Å². The first-order chi connectivity index (χ1) is 16.2. The maximum atomic E-state index is 3.76. The zero-order chi connectivity index (χ0) is 22.4. The first-order valence-electron chi connectivity index (χ1n) is 11.3. The SMILES string of the molecule is Cc1ccc(C2(c3ccc(-c4ccccc4)cc3)c3ccccc3-c3ccc(Br)cc32)cc1. The van der Waals surface area contributed by atoms with Crippen LogP contribution < -0.4 is 0 Å². The summed E-state index contributed by atoms with van der Waals surface area (Å²) >= 11 is 3.76. The molecule has 0 aromatic heterocycles. The highest BCUT2D eigenvalue weighted by Gasteiger charge is 2.46. The minimum absolute atomic E-state index is 0.362. The van der Waals surface area contributed by atoms with E-state index in [1.54, 1.807) is 0 Å². The fourth-order valence-corrected chi connectivity index (χ4v) is 5.75. The number of hydrogen-bond donors (Lipinski definition) is 0. The highest BCUT2D eigenvalue weighted by Crippen LogP contribution is 2.56. The topological polar surface area (TPSA) is 0 Å². The molecule has 1 aliphatic rings. The molecule has 0 nitrogen and oxygen atoms in total. The Morgan fingerprint density at radius 3 is 1.82 bits per heavy atom. The van der Waals surface area contributed by atoms with Crippen LogP contribution in [0.25, 0.3) is 22.3 Å². The van der Waals surface area contributed by atoms with E-state index in [4.69, 9.17) is 0 Å². The predicted octanol–water partition coefficient (Wildman–Crippen LogP) is 8.79. The lowest BCUT2D eigenvalue weighted by molar-refractivity contribution is 0.767. The van der Waals surface area contributed by atoms with Gasteiger partial charge in [0.25, 0.3) is 0 Å². The highest BCUT2D eigenvalue weighted by molar-refractivity contribution is 9.10. The van der Waals surface area contributed by atoms with Crippen molar-refractivity contribution in [1.82, 2.24) is 0 Å². The Labute approximate surface area is 203 Å². The van der Waals surface area contributed by atoms with E-state index in [9.17, 15) is 0 Å². The normalized spacial score (nSPS) is 16.3. The van der Waals surface area contributed by atoms with Crippen LogP contribution in [0, 0.1) is 6.92 Å². The van der Waals surface area contributed by atoms with Crippen molar-refractivity contribution in [2.24, 2.45) is 0 Å². The van der Waals surface area contributed by atoms with Gasteiger partial charge in [0.05, 0.1) is 5.41 Å². The molecule has 5 aromatic carbocycles. The summed E-state index contributed by atoms with van der Waals surface area (Å²) in [5, 5.41) is 0. The second-order valence-corrected chi connectivity index (χ2v) is 9.71. The van der Waals surface area contributed by atoms with Crippen LogP contribution in [0.1, 0.15) is 27.8 Å². The smallest absolute Gasteiger partial charge is 0.0622 e. The molecule has 0 saturated carbocycles. The van der Waals surface area contributed by atoms with Crippen LogP contribution in [0.5, 0.6) is 0 Å². The van der Waals surface area contributed by atoms with Crippen LogP contribution >= 0.6 is 15.9 Å². The van der Waals surface area contributed by atoms with Gasteiger partial charge in [-0.2, -0.15) is 0 Å². The number of halogens is 1. The van der Waals surface area contributed by atoms with Gasteiger partial charge in [-0.15, -0.1) is 0 Å². The molecule has 1 unspecified atom stereocenters. The van der Waals surface area contributed by atoms with Crippen LogP contribution in [0.2, 0.25) is 0 Å². The largest absolute Gasteiger partial charge is 0.0713 e. The number of hydrogen-bond acceptors (Lipinski definition) is 0. The number of benzene rings is 5. The summed E-state index contributed by atoms with van der Waals surface area (Å²) in [4.78, 5) is 0. The monoisotopic (exact) mass is 486 g/mol. The van der Waals surface area contributed by atoms with E-state index in [0.29, 0.717) is 0 Å². The molecule has 6 rings (SSSR count). The molecule has 0 amide bonds. The van der Waals surface area contributed by atoms with Gasteiger partial charge in [-0.05, 0) is 63.6 Å². The van der Waals surface area contributed by atoms with Gasteiger partial charge in [0, 0.05) is 4.47 Å². The molecule has 0 radical (unpaired) electrons. The minimum atomic E-state index is -0.362. The summed E-state index contributed by atoms with van der Waals surface area (Å²) in [7, 11) is 0. The predicted molar refractivity (Wildman–Crippen MR) is 142 cm³/mol. The average Bonchev–Trinajstić information content (AvgIpc) is 3.15. The van der Waals surface area contributed by atoms with E-state index >= 15 is 0 Å². The van der Waals surface area contributed by atoms with Gasteiger partial charge < -0.3 is 0 Å². The zero-order valence-electron chi connectivity index (χ0n) is 18.4. The second-order valence-electron chi connectivity index (χ2n) is 8.79. The third kappa shape index (κ3) is 3.11. The van der Waals surface area contributed by atoms with Crippen LogP contribution in [0.4, 0.5) is 0 Å². The molecule has 1 atom stereocenters. The van der Waals surface area contributed by atoms with Gasteiger partial charge in [0.1, 0.15) is 0 Å². The molecule has 1 aliphatic carbocycles. The van der Waals surface area contributed by atoms with E-state index in [-0.39, 0.29) is 5.41 Å². The molecule has 5 aromatic rings. The van der Waals surface area contributed by atoms with Crippen LogP contribution in [0.15, 0.2) is 126 Å². The number of aryl methyl sites for hydroxylation is 1. The fraction of sp³-hybridized carbons (Fsp3) is 0.0625. The van der Waals surface area contributed by atoms with Crippen molar-refractivity contribution in [1.29, 1.82) is 0 Å². The summed E-state index contributed by atoms with van der Waals surface area (Å²) in [6, 6.07) is 44.4. The highest BCUT2D eigenvalue weighted by atomic mass is 79.9. The molecular weight excluding hydrogens is 464 g/mol.